The van der Waals surface area contributed by atoms with E-state index in [0.717, 1.165) is 38.1 Å². The largest absolute Gasteiger partial charge is 0.379 e. The smallest absolute Gasteiger partial charge is 0.0594 e. The van der Waals surface area contributed by atoms with Gasteiger partial charge >= 0.3 is 0 Å². The van der Waals surface area contributed by atoms with Gasteiger partial charge in [-0.3, -0.25) is 4.90 Å². The van der Waals surface area contributed by atoms with Gasteiger partial charge in [-0.2, -0.15) is 0 Å². The summed E-state index contributed by atoms with van der Waals surface area (Å²) in [4.78, 5) is 5.32. The molecule has 3 heteroatoms. The van der Waals surface area contributed by atoms with Gasteiger partial charge in [0.05, 0.1) is 13.2 Å². The highest BCUT2D eigenvalue weighted by Gasteiger charge is 2.26. The van der Waals surface area contributed by atoms with Crippen LogP contribution >= 0.6 is 0 Å². The molecule has 3 aliphatic rings. The van der Waals surface area contributed by atoms with E-state index >= 15 is 0 Å². The van der Waals surface area contributed by atoms with Crippen molar-refractivity contribution in [3.8, 4) is 0 Å². The van der Waals surface area contributed by atoms with Crippen molar-refractivity contribution >= 4 is 0 Å². The van der Waals surface area contributed by atoms with Crippen molar-refractivity contribution in [1.29, 1.82) is 0 Å². The van der Waals surface area contributed by atoms with Crippen LogP contribution in [-0.2, 0) is 4.74 Å². The summed E-state index contributed by atoms with van der Waals surface area (Å²) >= 11 is 0. The van der Waals surface area contributed by atoms with Crippen LogP contribution in [0.4, 0.5) is 0 Å². The Kier molecular flexibility index (Phi) is 4.91. The molecule has 0 saturated carbocycles. The van der Waals surface area contributed by atoms with E-state index in [9.17, 15) is 0 Å². The van der Waals surface area contributed by atoms with E-state index in [1.165, 1.54) is 51.9 Å². The number of ether oxygens (including phenoxy) is 1. The second-order valence-corrected chi connectivity index (χ2v) is 6.48. The zero-order valence-corrected chi connectivity index (χ0v) is 12.1. The molecule has 108 valence electrons. The highest BCUT2D eigenvalue weighted by molar-refractivity contribution is 4.91. The SMILES string of the molecule is C1=CCC(CN2CCC(CN3CCOCC3)C2)CC1. The fourth-order valence-electron chi connectivity index (χ4n) is 3.76. The Hall–Kier alpha value is -0.380. The number of rotatable bonds is 4. The van der Waals surface area contributed by atoms with Gasteiger partial charge in [-0.1, -0.05) is 12.2 Å². The third-order valence-corrected chi connectivity index (χ3v) is 4.88. The van der Waals surface area contributed by atoms with Crippen molar-refractivity contribution in [2.45, 2.75) is 25.7 Å². The molecule has 2 aliphatic heterocycles. The van der Waals surface area contributed by atoms with E-state index in [1.807, 2.05) is 0 Å². The summed E-state index contributed by atoms with van der Waals surface area (Å²) in [6, 6.07) is 0. The first-order valence-electron chi connectivity index (χ1n) is 8.07. The summed E-state index contributed by atoms with van der Waals surface area (Å²) in [6.45, 7) is 9.45. The first-order valence-corrected chi connectivity index (χ1v) is 8.07. The lowest BCUT2D eigenvalue weighted by Gasteiger charge is -2.29. The molecule has 0 spiro atoms. The zero-order valence-electron chi connectivity index (χ0n) is 12.1. The maximum atomic E-state index is 5.43. The molecule has 2 atom stereocenters. The van der Waals surface area contributed by atoms with Gasteiger partial charge in [-0.25, -0.2) is 0 Å². The lowest BCUT2D eigenvalue weighted by atomic mass is 9.94. The first kappa shape index (κ1) is 13.6. The summed E-state index contributed by atoms with van der Waals surface area (Å²) < 4.78 is 5.43. The topological polar surface area (TPSA) is 15.7 Å². The minimum Gasteiger partial charge on any atom is -0.379 e. The normalized spacial score (nSPS) is 33.9. The van der Waals surface area contributed by atoms with Gasteiger partial charge in [0.2, 0.25) is 0 Å². The minimum absolute atomic E-state index is 0.900. The van der Waals surface area contributed by atoms with Crippen LogP contribution in [0, 0.1) is 11.8 Å². The van der Waals surface area contributed by atoms with Crippen molar-refractivity contribution in [1.82, 2.24) is 9.80 Å². The van der Waals surface area contributed by atoms with Crippen LogP contribution in [0.2, 0.25) is 0 Å². The van der Waals surface area contributed by atoms with Crippen LogP contribution in [-0.4, -0.2) is 62.3 Å². The zero-order chi connectivity index (χ0) is 12.9. The average Bonchev–Trinajstić information content (AvgIpc) is 2.88. The molecule has 0 aromatic heterocycles. The molecular weight excluding hydrogens is 236 g/mol. The van der Waals surface area contributed by atoms with Crippen molar-refractivity contribution in [2.75, 3.05) is 52.5 Å². The lowest BCUT2D eigenvalue weighted by molar-refractivity contribution is 0.0311. The fourth-order valence-corrected chi connectivity index (χ4v) is 3.76. The minimum atomic E-state index is 0.900. The number of morpholine rings is 1. The van der Waals surface area contributed by atoms with Gasteiger partial charge < -0.3 is 9.64 Å². The molecule has 19 heavy (non-hydrogen) atoms. The molecule has 2 unspecified atom stereocenters. The predicted molar refractivity (Wildman–Crippen MR) is 78.3 cm³/mol. The second-order valence-electron chi connectivity index (χ2n) is 6.48. The summed E-state index contributed by atoms with van der Waals surface area (Å²) in [5.41, 5.74) is 0. The highest BCUT2D eigenvalue weighted by Crippen LogP contribution is 2.24. The highest BCUT2D eigenvalue weighted by atomic mass is 16.5. The fraction of sp³-hybridized carbons (Fsp3) is 0.875. The number of nitrogens with zero attached hydrogens (tertiary/aromatic N) is 2. The Labute approximate surface area is 117 Å². The number of hydrogen-bond acceptors (Lipinski definition) is 3. The Morgan fingerprint density at radius 3 is 2.53 bits per heavy atom. The van der Waals surface area contributed by atoms with Gasteiger partial charge in [-0.15, -0.1) is 0 Å². The van der Waals surface area contributed by atoms with Crippen LogP contribution in [0.3, 0.4) is 0 Å². The Bertz CT molecular complexity index is 299. The van der Waals surface area contributed by atoms with E-state index in [0.29, 0.717) is 0 Å². The molecule has 0 amide bonds. The number of likely N-dealkylation sites (tertiary alicyclic amines) is 1. The van der Waals surface area contributed by atoms with Crippen molar-refractivity contribution in [3.63, 3.8) is 0 Å². The lowest BCUT2D eigenvalue weighted by Crippen LogP contribution is -2.40. The molecule has 3 nitrogen and oxygen atoms in total. The van der Waals surface area contributed by atoms with Crippen molar-refractivity contribution in [2.24, 2.45) is 11.8 Å². The van der Waals surface area contributed by atoms with Gasteiger partial charge in [0, 0.05) is 32.7 Å². The quantitative estimate of drug-likeness (QED) is 0.722. The van der Waals surface area contributed by atoms with Gasteiger partial charge in [0.1, 0.15) is 0 Å². The maximum absolute atomic E-state index is 5.43. The standard InChI is InChI=1S/C16H28N2O/c1-2-4-15(5-3-1)12-18-7-6-16(14-18)13-17-8-10-19-11-9-17/h1-2,15-16H,3-14H2. The van der Waals surface area contributed by atoms with Crippen LogP contribution in [0.15, 0.2) is 12.2 Å². The summed E-state index contributed by atoms with van der Waals surface area (Å²) in [6.07, 6.45) is 10.2. The molecular formula is C16H28N2O. The van der Waals surface area contributed by atoms with E-state index in [2.05, 4.69) is 22.0 Å². The molecule has 2 saturated heterocycles. The first-order chi connectivity index (χ1) is 9.40. The van der Waals surface area contributed by atoms with Gasteiger partial charge in [0.15, 0.2) is 0 Å². The molecule has 3 rings (SSSR count). The Morgan fingerprint density at radius 1 is 0.895 bits per heavy atom. The molecule has 0 aromatic rings. The van der Waals surface area contributed by atoms with Crippen LogP contribution in [0.25, 0.3) is 0 Å². The summed E-state index contributed by atoms with van der Waals surface area (Å²) in [7, 11) is 0. The van der Waals surface area contributed by atoms with Crippen molar-refractivity contribution in [3.05, 3.63) is 12.2 Å². The molecule has 2 fully saturated rings. The van der Waals surface area contributed by atoms with E-state index in [-0.39, 0.29) is 0 Å². The average molecular weight is 264 g/mol. The summed E-state index contributed by atoms with van der Waals surface area (Å²) in [5, 5.41) is 0. The second kappa shape index (κ2) is 6.87. The third-order valence-electron chi connectivity index (χ3n) is 4.88. The molecule has 0 radical (unpaired) electrons. The van der Waals surface area contributed by atoms with Crippen molar-refractivity contribution < 1.29 is 4.74 Å². The van der Waals surface area contributed by atoms with E-state index in [1.54, 1.807) is 0 Å². The molecule has 0 bridgehead atoms. The van der Waals surface area contributed by atoms with Gasteiger partial charge in [-0.05, 0) is 44.1 Å². The van der Waals surface area contributed by atoms with Crippen LogP contribution in [0.1, 0.15) is 25.7 Å². The number of allylic oxidation sites excluding steroid dienone is 2. The van der Waals surface area contributed by atoms with Gasteiger partial charge in [0.25, 0.3) is 0 Å². The molecule has 1 aliphatic carbocycles. The van der Waals surface area contributed by atoms with Crippen LogP contribution < -0.4 is 0 Å². The Balaban J connectivity index is 1.38. The third kappa shape index (κ3) is 4.04. The number of hydrogen-bond donors (Lipinski definition) is 0. The molecule has 0 aromatic carbocycles. The Morgan fingerprint density at radius 2 is 1.74 bits per heavy atom. The molecule has 0 N–H and O–H groups in total. The van der Waals surface area contributed by atoms with E-state index in [4.69, 9.17) is 4.74 Å². The maximum Gasteiger partial charge on any atom is 0.0594 e. The van der Waals surface area contributed by atoms with Crippen LogP contribution in [0.5, 0.6) is 0 Å². The monoisotopic (exact) mass is 264 g/mol. The molecule has 2 heterocycles. The van der Waals surface area contributed by atoms with E-state index < -0.39 is 0 Å². The summed E-state index contributed by atoms with van der Waals surface area (Å²) in [5.74, 6) is 1.82. The predicted octanol–water partition coefficient (Wildman–Crippen LogP) is 2.00.